The van der Waals surface area contributed by atoms with Crippen molar-refractivity contribution in [1.82, 2.24) is 9.78 Å². The summed E-state index contributed by atoms with van der Waals surface area (Å²) in [7, 11) is 0. The predicted octanol–water partition coefficient (Wildman–Crippen LogP) is 2.98. The number of anilines is 1. The maximum absolute atomic E-state index is 12.5. The predicted molar refractivity (Wildman–Crippen MR) is 98.4 cm³/mol. The lowest BCUT2D eigenvalue weighted by molar-refractivity contribution is -0.119. The highest BCUT2D eigenvalue weighted by molar-refractivity contribution is 5.93. The fraction of sp³-hybridized carbons (Fsp3) is 0.100. The van der Waals surface area contributed by atoms with Gasteiger partial charge in [-0.2, -0.15) is 10.4 Å². The summed E-state index contributed by atoms with van der Waals surface area (Å²) in [5.41, 5.74) is 2.04. The molecule has 0 aliphatic rings. The molecule has 2 aromatic carbocycles. The summed E-state index contributed by atoms with van der Waals surface area (Å²) < 4.78 is 1.16. The van der Waals surface area contributed by atoms with Crippen molar-refractivity contribution in [3.05, 3.63) is 82.6 Å². The molecule has 0 spiro atoms. The molecule has 3 rings (SSSR count). The van der Waals surface area contributed by atoms with E-state index in [4.69, 9.17) is 5.26 Å². The first-order valence-electron chi connectivity index (χ1n) is 8.05. The lowest BCUT2D eigenvalue weighted by Crippen LogP contribution is -2.33. The van der Waals surface area contributed by atoms with Crippen LogP contribution in [0.2, 0.25) is 0 Å². The van der Waals surface area contributed by atoms with Crippen LogP contribution in [-0.4, -0.2) is 15.7 Å². The average Bonchev–Trinajstić information content (AvgIpc) is 2.68. The third-order valence-corrected chi connectivity index (χ3v) is 3.90. The van der Waals surface area contributed by atoms with Gasteiger partial charge in [-0.1, -0.05) is 36.4 Å². The summed E-state index contributed by atoms with van der Waals surface area (Å²) in [5.74, 6) is -0.389. The Labute approximate surface area is 150 Å². The molecule has 0 bridgehead atoms. The van der Waals surface area contributed by atoms with Crippen molar-refractivity contribution in [2.75, 3.05) is 5.32 Å². The summed E-state index contributed by atoms with van der Waals surface area (Å²) >= 11 is 0. The molecule has 1 N–H and O–H groups in total. The van der Waals surface area contributed by atoms with E-state index in [0.29, 0.717) is 16.9 Å². The van der Waals surface area contributed by atoms with E-state index in [9.17, 15) is 9.59 Å². The topological polar surface area (TPSA) is 87.8 Å². The zero-order valence-electron chi connectivity index (χ0n) is 14.1. The largest absolute Gasteiger partial charge is 0.324 e. The smallest absolute Gasteiger partial charge is 0.267 e. The molecule has 128 valence electrons. The number of carbonyl (C=O) groups excluding carboxylic acids is 1. The van der Waals surface area contributed by atoms with Gasteiger partial charge in [0.2, 0.25) is 5.91 Å². The van der Waals surface area contributed by atoms with E-state index >= 15 is 0 Å². The van der Waals surface area contributed by atoms with Crippen LogP contribution in [0.25, 0.3) is 11.3 Å². The van der Waals surface area contributed by atoms with Crippen molar-refractivity contribution < 1.29 is 4.79 Å². The fourth-order valence-corrected chi connectivity index (χ4v) is 2.49. The standard InChI is InChI=1S/C20H16N4O2/c1-14(20(26)22-17-9-5-6-15(12-17)13-21)24-19(25)11-10-18(23-24)16-7-3-2-4-8-16/h2-12,14H,1H3,(H,22,26). The van der Waals surface area contributed by atoms with Crippen LogP contribution < -0.4 is 10.9 Å². The van der Waals surface area contributed by atoms with Gasteiger partial charge < -0.3 is 5.32 Å². The molecule has 0 radical (unpaired) electrons. The van der Waals surface area contributed by atoms with Crippen LogP contribution in [-0.2, 0) is 4.79 Å². The molecular weight excluding hydrogens is 328 g/mol. The molecule has 1 aromatic heterocycles. The van der Waals surface area contributed by atoms with Crippen molar-refractivity contribution in [2.45, 2.75) is 13.0 Å². The van der Waals surface area contributed by atoms with Crippen molar-refractivity contribution in [3.8, 4) is 17.3 Å². The van der Waals surface area contributed by atoms with Gasteiger partial charge in [-0.05, 0) is 31.2 Å². The van der Waals surface area contributed by atoms with Crippen LogP contribution >= 0.6 is 0 Å². The van der Waals surface area contributed by atoms with E-state index in [1.165, 1.54) is 6.07 Å². The minimum Gasteiger partial charge on any atom is -0.324 e. The number of nitriles is 1. The first-order valence-corrected chi connectivity index (χ1v) is 8.05. The Balaban J connectivity index is 1.87. The van der Waals surface area contributed by atoms with Crippen LogP contribution in [0.3, 0.4) is 0 Å². The Hall–Kier alpha value is -3.72. The van der Waals surface area contributed by atoms with E-state index in [2.05, 4.69) is 10.4 Å². The zero-order valence-corrected chi connectivity index (χ0v) is 14.1. The van der Waals surface area contributed by atoms with Gasteiger partial charge in [0.05, 0.1) is 17.3 Å². The molecule has 1 amide bonds. The highest BCUT2D eigenvalue weighted by atomic mass is 16.2. The van der Waals surface area contributed by atoms with Crippen molar-refractivity contribution >= 4 is 11.6 Å². The highest BCUT2D eigenvalue weighted by Crippen LogP contribution is 2.16. The molecule has 6 nitrogen and oxygen atoms in total. The molecule has 6 heteroatoms. The summed E-state index contributed by atoms with van der Waals surface area (Å²) in [6.45, 7) is 1.60. The Bertz CT molecular complexity index is 1040. The summed E-state index contributed by atoms with van der Waals surface area (Å²) in [4.78, 5) is 24.7. The first-order chi connectivity index (χ1) is 12.6. The Morgan fingerprint density at radius 3 is 2.62 bits per heavy atom. The number of benzene rings is 2. The molecule has 0 fully saturated rings. The zero-order chi connectivity index (χ0) is 18.5. The summed E-state index contributed by atoms with van der Waals surface area (Å²) in [6, 6.07) is 20.2. The maximum atomic E-state index is 12.5. The van der Waals surface area contributed by atoms with Gasteiger partial charge in [-0.25, -0.2) is 4.68 Å². The third kappa shape index (κ3) is 3.68. The number of hydrogen-bond acceptors (Lipinski definition) is 4. The van der Waals surface area contributed by atoms with Crippen molar-refractivity contribution in [1.29, 1.82) is 5.26 Å². The minimum atomic E-state index is -0.808. The van der Waals surface area contributed by atoms with E-state index in [1.807, 2.05) is 36.4 Å². The maximum Gasteiger partial charge on any atom is 0.267 e. The molecule has 0 saturated heterocycles. The second-order valence-electron chi connectivity index (χ2n) is 5.73. The average molecular weight is 344 g/mol. The van der Waals surface area contributed by atoms with E-state index in [0.717, 1.165) is 10.2 Å². The number of carbonyl (C=O) groups is 1. The second kappa shape index (κ2) is 7.45. The van der Waals surface area contributed by atoms with Crippen LogP contribution in [0.4, 0.5) is 5.69 Å². The highest BCUT2D eigenvalue weighted by Gasteiger charge is 2.18. The Morgan fingerprint density at radius 1 is 1.12 bits per heavy atom. The minimum absolute atomic E-state index is 0.363. The van der Waals surface area contributed by atoms with E-state index in [-0.39, 0.29) is 11.5 Å². The number of nitrogens with zero attached hydrogens (tertiary/aromatic N) is 3. The Kier molecular flexibility index (Phi) is 4.90. The van der Waals surface area contributed by atoms with E-state index < -0.39 is 6.04 Å². The van der Waals surface area contributed by atoms with Gasteiger partial charge in [-0.3, -0.25) is 9.59 Å². The molecule has 0 saturated carbocycles. The lowest BCUT2D eigenvalue weighted by Gasteiger charge is -2.15. The van der Waals surface area contributed by atoms with Crippen LogP contribution in [0, 0.1) is 11.3 Å². The lowest BCUT2D eigenvalue weighted by atomic mass is 10.1. The quantitative estimate of drug-likeness (QED) is 0.788. The SMILES string of the molecule is CC(C(=O)Nc1cccc(C#N)c1)n1nc(-c2ccccc2)ccc1=O. The molecule has 0 aliphatic carbocycles. The fourth-order valence-electron chi connectivity index (χ4n) is 2.49. The normalized spacial score (nSPS) is 11.4. The van der Waals surface area contributed by atoms with Crippen LogP contribution in [0.1, 0.15) is 18.5 Å². The number of rotatable bonds is 4. The second-order valence-corrected chi connectivity index (χ2v) is 5.73. The molecule has 1 heterocycles. The molecule has 3 aromatic rings. The third-order valence-electron chi connectivity index (χ3n) is 3.90. The molecular formula is C20H16N4O2. The molecule has 0 aliphatic heterocycles. The first kappa shape index (κ1) is 17.1. The summed E-state index contributed by atoms with van der Waals surface area (Å²) in [5, 5.41) is 16.0. The summed E-state index contributed by atoms with van der Waals surface area (Å²) in [6.07, 6.45) is 0. The van der Waals surface area contributed by atoms with Crippen molar-refractivity contribution in [3.63, 3.8) is 0 Å². The number of amides is 1. The van der Waals surface area contributed by atoms with Gasteiger partial charge in [-0.15, -0.1) is 0 Å². The van der Waals surface area contributed by atoms with Crippen LogP contribution in [0.5, 0.6) is 0 Å². The Morgan fingerprint density at radius 2 is 1.88 bits per heavy atom. The van der Waals surface area contributed by atoms with E-state index in [1.54, 1.807) is 37.3 Å². The molecule has 1 atom stereocenters. The monoisotopic (exact) mass is 344 g/mol. The van der Waals surface area contributed by atoms with Gasteiger partial charge in [0.25, 0.3) is 5.56 Å². The van der Waals surface area contributed by atoms with Crippen LogP contribution in [0.15, 0.2) is 71.5 Å². The number of aromatic nitrogens is 2. The van der Waals surface area contributed by atoms with Gasteiger partial charge >= 0.3 is 0 Å². The number of hydrogen-bond donors (Lipinski definition) is 1. The molecule has 1 unspecified atom stereocenters. The van der Waals surface area contributed by atoms with Gasteiger partial charge in [0.1, 0.15) is 6.04 Å². The van der Waals surface area contributed by atoms with Gasteiger partial charge in [0, 0.05) is 17.3 Å². The van der Waals surface area contributed by atoms with Crippen molar-refractivity contribution in [2.24, 2.45) is 0 Å². The number of nitrogens with one attached hydrogen (secondary N) is 1. The van der Waals surface area contributed by atoms with Gasteiger partial charge in [0.15, 0.2) is 0 Å². The molecule has 26 heavy (non-hydrogen) atoms.